The molecule has 1 saturated heterocycles. The summed E-state index contributed by atoms with van der Waals surface area (Å²) < 4.78 is 5.86. The third-order valence-corrected chi connectivity index (χ3v) is 4.70. The van der Waals surface area contributed by atoms with Gasteiger partial charge in [-0.05, 0) is 70.1 Å². The van der Waals surface area contributed by atoms with Gasteiger partial charge in [-0.15, -0.1) is 0 Å². The van der Waals surface area contributed by atoms with Crippen LogP contribution in [0.1, 0.15) is 53.2 Å². The summed E-state index contributed by atoms with van der Waals surface area (Å²) in [5.41, 5.74) is 1.84. The Bertz CT molecular complexity index is 798. The summed E-state index contributed by atoms with van der Waals surface area (Å²) in [4.78, 5) is 14.0. The minimum absolute atomic E-state index is 0.00899. The van der Waals surface area contributed by atoms with Gasteiger partial charge >= 0.3 is 0 Å². The second kappa shape index (κ2) is 7.54. The van der Waals surface area contributed by atoms with Crippen molar-refractivity contribution in [3.05, 3.63) is 53.0 Å². The van der Waals surface area contributed by atoms with Crippen LogP contribution in [0.5, 0.6) is 0 Å². The Morgan fingerprint density at radius 1 is 1.32 bits per heavy atom. The van der Waals surface area contributed by atoms with E-state index in [0.717, 1.165) is 24.6 Å². The van der Waals surface area contributed by atoms with Crippen LogP contribution in [0.25, 0.3) is 0 Å². The number of likely N-dealkylation sites (tertiary alicyclic amines) is 1. The molecule has 1 aromatic heterocycles. The molecular weight excluding hydrogens is 314 g/mol. The zero-order valence-corrected chi connectivity index (χ0v) is 14.7. The molecular formula is C20H23N3O2. The van der Waals surface area contributed by atoms with Gasteiger partial charge < -0.3 is 9.73 Å². The smallest absolute Gasteiger partial charge is 0.159 e. The first kappa shape index (κ1) is 17.2. The van der Waals surface area contributed by atoms with Crippen LogP contribution in [-0.2, 0) is 0 Å². The number of nitriles is 1. The first-order valence-corrected chi connectivity index (χ1v) is 8.68. The van der Waals surface area contributed by atoms with E-state index in [-0.39, 0.29) is 11.8 Å². The zero-order valence-electron chi connectivity index (χ0n) is 14.7. The number of benzene rings is 1. The highest BCUT2D eigenvalue weighted by Crippen LogP contribution is 2.28. The SMILES string of the molecule is CC(=O)c1ccc(C#N)c(NCC(c2ccc(C)o2)N2CCCC2)c1. The summed E-state index contributed by atoms with van der Waals surface area (Å²) in [6, 6.07) is 11.5. The average Bonchev–Trinajstić information content (AvgIpc) is 3.27. The third kappa shape index (κ3) is 3.92. The Kier molecular flexibility index (Phi) is 5.20. The molecule has 0 bridgehead atoms. The highest BCUT2D eigenvalue weighted by atomic mass is 16.3. The molecule has 2 heterocycles. The van der Waals surface area contributed by atoms with E-state index >= 15 is 0 Å². The summed E-state index contributed by atoms with van der Waals surface area (Å²) in [7, 11) is 0. The maximum atomic E-state index is 11.6. The fourth-order valence-corrected chi connectivity index (χ4v) is 3.31. The second-order valence-electron chi connectivity index (χ2n) is 6.52. The van der Waals surface area contributed by atoms with Crippen molar-refractivity contribution in [3.63, 3.8) is 0 Å². The van der Waals surface area contributed by atoms with Crippen LogP contribution in [-0.4, -0.2) is 30.3 Å². The number of aryl methyl sites for hydroxylation is 1. The van der Waals surface area contributed by atoms with Gasteiger partial charge in [-0.3, -0.25) is 9.69 Å². The molecule has 2 aromatic rings. The van der Waals surface area contributed by atoms with Crippen molar-refractivity contribution in [2.75, 3.05) is 25.0 Å². The summed E-state index contributed by atoms with van der Waals surface area (Å²) >= 11 is 0. The molecule has 3 rings (SSSR count). The van der Waals surface area contributed by atoms with E-state index in [1.165, 1.54) is 19.8 Å². The molecule has 1 unspecified atom stereocenters. The van der Waals surface area contributed by atoms with Crippen LogP contribution in [0.3, 0.4) is 0 Å². The summed E-state index contributed by atoms with van der Waals surface area (Å²) in [5.74, 6) is 1.83. The lowest BCUT2D eigenvalue weighted by molar-refractivity contribution is 0.101. The summed E-state index contributed by atoms with van der Waals surface area (Å²) in [6.45, 7) is 6.20. The zero-order chi connectivity index (χ0) is 17.8. The normalized spacial score (nSPS) is 15.7. The first-order valence-electron chi connectivity index (χ1n) is 8.68. The van der Waals surface area contributed by atoms with Gasteiger partial charge in [0.25, 0.3) is 0 Å². The fourth-order valence-electron chi connectivity index (χ4n) is 3.31. The van der Waals surface area contributed by atoms with Gasteiger partial charge in [-0.2, -0.15) is 5.26 Å². The van der Waals surface area contributed by atoms with Gasteiger partial charge in [0.15, 0.2) is 5.78 Å². The Morgan fingerprint density at radius 2 is 2.08 bits per heavy atom. The highest BCUT2D eigenvalue weighted by Gasteiger charge is 2.26. The number of hydrogen-bond donors (Lipinski definition) is 1. The van der Waals surface area contributed by atoms with Crippen molar-refractivity contribution in [3.8, 4) is 6.07 Å². The minimum Gasteiger partial charge on any atom is -0.465 e. The molecule has 0 spiro atoms. The summed E-state index contributed by atoms with van der Waals surface area (Å²) in [6.07, 6.45) is 2.39. The number of furan rings is 1. The standard InChI is InChI=1S/C20H23N3O2/c1-14-5-8-20(25-14)19(23-9-3-4-10-23)13-22-18-11-16(15(2)24)6-7-17(18)12-21/h5-8,11,19,22H,3-4,9-10,13H2,1-2H3. The van der Waals surface area contributed by atoms with Gasteiger partial charge in [0.05, 0.1) is 17.3 Å². The minimum atomic E-state index is -0.00899. The second-order valence-corrected chi connectivity index (χ2v) is 6.52. The van der Waals surface area contributed by atoms with E-state index in [1.807, 2.05) is 19.1 Å². The number of nitrogens with zero attached hydrogens (tertiary/aromatic N) is 2. The Balaban J connectivity index is 1.82. The predicted octanol–water partition coefficient (Wildman–Crippen LogP) is 3.91. The van der Waals surface area contributed by atoms with Gasteiger partial charge in [0.1, 0.15) is 17.6 Å². The van der Waals surface area contributed by atoms with Gasteiger partial charge in [0.2, 0.25) is 0 Å². The predicted molar refractivity (Wildman–Crippen MR) is 96.6 cm³/mol. The lowest BCUT2D eigenvalue weighted by Gasteiger charge is -2.26. The number of carbonyl (C=O) groups excluding carboxylic acids is 1. The number of Topliss-reactive ketones (excluding diaryl/α,β-unsaturated/α-hetero) is 1. The molecule has 5 heteroatoms. The van der Waals surface area contributed by atoms with E-state index in [4.69, 9.17) is 4.42 Å². The number of anilines is 1. The monoisotopic (exact) mass is 337 g/mol. The molecule has 1 atom stereocenters. The summed E-state index contributed by atoms with van der Waals surface area (Å²) in [5, 5.41) is 12.7. The number of hydrogen-bond acceptors (Lipinski definition) is 5. The van der Waals surface area contributed by atoms with Crippen LogP contribution in [0, 0.1) is 18.3 Å². The maximum Gasteiger partial charge on any atom is 0.159 e. The molecule has 1 aliphatic rings. The van der Waals surface area contributed by atoms with Crippen LogP contribution >= 0.6 is 0 Å². The highest BCUT2D eigenvalue weighted by molar-refractivity contribution is 5.95. The molecule has 1 fully saturated rings. The largest absolute Gasteiger partial charge is 0.465 e. The van der Waals surface area contributed by atoms with Crippen molar-refractivity contribution >= 4 is 11.5 Å². The van der Waals surface area contributed by atoms with Crippen LogP contribution < -0.4 is 5.32 Å². The van der Waals surface area contributed by atoms with E-state index < -0.39 is 0 Å². The molecule has 5 nitrogen and oxygen atoms in total. The lowest BCUT2D eigenvalue weighted by Crippen LogP contribution is -2.30. The van der Waals surface area contributed by atoms with E-state index in [2.05, 4.69) is 16.3 Å². The van der Waals surface area contributed by atoms with Crippen LogP contribution in [0.4, 0.5) is 5.69 Å². The Labute approximate surface area is 148 Å². The third-order valence-electron chi connectivity index (χ3n) is 4.70. The van der Waals surface area contributed by atoms with Crippen molar-refractivity contribution in [2.45, 2.75) is 32.7 Å². The molecule has 0 aliphatic carbocycles. The molecule has 1 aromatic carbocycles. The molecule has 1 aliphatic heterocycles. The fraction of sp³-hybridized carbons (Fsp3) is 0.400. The molecule has 130 valence electrons. The first-order chi connectivity index (χ1) is 12.1. The maximum absolute atomic E-state index is 11.6. The number of rotatable bonds is 6. The molecule has 0 saturated carbocycles. The molecule has 25 heavy (non-hydrogen) atoms. The van der Waals surface area contributed by atoms with E-state index in [0.29, 0.717) is 23.4 Å². The van der Waals surface area contributed by atoms with Gasteiger partial charge in [-0.1, -0.05) is 0 Å². The van der Waals surface area contributed by atoms with Crippen molar-refractivity contribution in [1.29, 1.82) is 5.26 Å². The lowest BCUT2D eigenvalue weighted by atomic mass is 10.1. The van der Waals surface area contributed by atoms with Crippen molar-refractivity contribution in [1.82, 2.24) is 4.90 Å². The quantitative estimate of drug-likeness (QED) is 0.809. The molecule has 1 N–H and O–H groups in total. The topological polar surface area (TPSA) is 69.3 Å². The number of ketones is 1. The number of carbonyl (C=O) groups is 1. The average molecular weight is 337 g/mol. The van der Waals surface area contributed by atoms with E-state index in [1.54, 1.807) is 18.2 Å². The van der Waals surface area contributed by atoms with Crippen molar-refractivity contribution < 1.29 is 9.21 Å². The van der Waals surface area contributed by atoms with E-state index in [9.17, 15) is 10.1 Å². The van der Waals surface area contributed by atoms with Gasteiger partial charge in [0, 0.05) is 12.1 Å². The molecule has 0 amide bonds. The van der Waals surface area contributed by atoms with Gasteiger partial charge in [-0.25, -0.2) is 0 Å². The molecule has 0 radical (unpaired) electrons. The van der Waals surface area contributed by atoms with Crippen LogP contribution in [0.15, 0.2) is 34.7 Å². The Morgan fingerprint density at radius 3 is 2.68 bits per heavy atom. The van der Waals surface area contributed by atoms with Crippen LogP contribution in [0.2, 0.25) is 0 Å². The Hall–Kier alpha value is -2.58. The van der Waals surface area contributed by atoms with Crippen molar-refractivity contribution in [2.24, 2.45) is 0 Å². The number of nitrogens with one attached hydrogen (secondary N) is 1.